The van der Waals surface area contributed by atoms with Crippen molar-refractivity contribution in [2.45, 2.75) is 12.8 Å². The van der Waals surface area contributed by atoms with Crippen molar-refractivity contribution in [1.29, 1.82) is 0 Å². The largest absolute Gasteiger partial charge is 0.481 e. The maximum Gasteiger partial charge on any atom is 0.337 e. The number of carbonyl (C=O) groups is 2. The quantitative estimate of drug-likeness (QED) is 0.783. The van der Waals surface area contributed by atoms with E-state index in [2.05, 4.69) is 0 Å². The van der Waals surface area contributed by atoms with Crippen molar-refractivity contribution in [3.05, 3.63) is 28.8 Å². The second kappa shape index (κ2) is 6.77. The van der Waals surface area contributed by atoms with Crippen LogP contribution in [0.5, 0.6) is 0 Å². The minimum atomic E-state index is -3.67. The SMILES string of the molecule is CS(=O)(=O)N(CCCC(=O)O)c1ccc(Cl)c(C(=O)O)c1. The van der Waals surface area contributed by atoms with Gasteiger partial charge in [0.2, 0.25) is 10.0 Å². The molecule has 21 heavy (non-hydrogen) atoms. The lowest BCUT2D eigenvalue weighted by Crippen LogP contribution is -2.31. The molecule has 0 fully saturated rings. The lowest BCUT2D eigenvalue weighted by atomic mass is 10.2. The molecule has 0 aliphatic rings. The summed E-state index contributed by atoms with van der Waals surface area (Å²) in [6.45, 7) is -0.0637. The molecule has 0 bridgehead atoms. The molecule has 7 nitrogen and oxygen atoms in total. The monoisotopic (exact) mass is 335 g/mol. The Balaban J connectivity index is 3.12. The number of rotatable bonds is 7. The Kier molecular flexibility index (Phi) is 5.56. The molecular weight excluding hydrogens is 322 g/mol. The van der Waals surface area contributed by atoms with Gasteiger partial charge in [-0.25, -0.2) is 13.2 Å². The van der Waals surface area contributed by atoms with Crippen LogP contribution in [-0.4, -0.2) is 43.4 Å². The predicted molar refractivity (Wildman–Crippen MR) is 77.5 cm³/mol. The molecule has 116 valence electrons. The lowest BCUT2D eigenvalue weighted by molar-refractivity contribution is -0.137. The van der Waals surface area contributed by atoms with Gasteiger partial charge >= 0.3 is 11.9 Å². The van der Waals surface area contributed by atoms with Gasteiger partial charge in [-0.2, -0.15) is 0 Å². The maximum absolute atomic E-state index is 11.8. The van der Waals surface area contributed by atoms with Crippen LogP contribution in [0.2, 0.25) is 5.02 Å². The topological polar surface area (TPSA) is 112 Å². The minimum Gasteiger partial charge on any atom is -0.481 e. The molecule has 0 radical (unpaired) electrons. The smallest absolute Gasteiger partial charge is 0.337 e. The van der Waals surface area contributed by atoms with Gasteiger partial charge in [-0.15, -0.1) is 0 Å². The lowest BCUT2D eigenvalue weighted by Gasteiger charge is -2.22. The van der Waals surface area contributed by atoms with Crippen LogP contribution in [0.3, 0.4) is 0 Å². The average molecular weight is 336 g/mol. The number of aromatic carboxylic acids is 1. The normalized spacial score (nSPS) is 11.1. The summed E-state index contributed by atoms with van der Waals surface area (Å²) in [5.41, 5.74) is -0.0919. The van der Waals surface area contributed by atoms with Crippen molar-refractivity contribution in [2.24, 2.45) is 0 Å². The molecule has 0 saturated carbocycles. The molecule has 0 aliphatic heterocycles. The molecule has 1 aromatic rings. The van der Waals surface area contributed by atoms with Crippen LogP contribution >= 0.6 is 11.6 Å². The number of sulfonamides is 1. The number of nitrogens with zero attached hydrogens (tertiary/aromatic N) is 1. The standard InChI is InChI=1S/C12H14ClNO6S/c1-21(19,20)14(6-2-3-11(15)16)8-4-5-10(13)9(7-8)12(17)18/h4-5,7H,2-3,6H2,1H3,(H,15,16)(H,17,18). The number of halogens is 1. The van der Waals surface area contributed by atoms with Gasteiger partial charge in [0, 0.05) is 13.0 Å². The third-order valence-electron chi connectivity index (χ3n) is 2.62. The fourth-order valence-corrected chi connectivity index (χ4v) is 2.85. The van der Waals surface area contributed by atoms with Gasteiger partial charge in [-0.1, -0.05) is 11.6 Å². The number of aliphatic carboxylic acids is 1. The molecule has 0 atom stereocenters. The molecule has 9 heteroatoms. The Morgan fingerprint density at radius 2 is 1.90 bits per heavy atom. The van der Waals surface area contributed by atoms with Gasteiger partial charge in [0.25, 0.3) is 0 Å². The van der Waals surface area contributed by atoms with Crippen LogP contribution in [0, 0.1) is 0 Å². The van der Waals surface area contributed by atoms with Crippen molar-refractivity contribution < 1.29 is 28.2 Å². The Morgan fingerprint density at radius 3 is 2.38 bits per heavy atom. The van der Waals surface area contributed by atoms with Gasteiger partial charge in [0.05, 0.1) is 22.5 Å². The Morgan fingerprint density at radius 1 is 1.29 bits per heavy atom. The minimum absolute atomic E-state index is 0.00904. The van der Waals surface area contributed by atoms with Gasteiger partial charge in [0.1, 0.15) is 0 Å². The third-order valence-corrected chi connectivity index (χ3v) is 4.14. The van der Waals surface area contributed by atoms with E-state index >= 15 is 0 Å². The zero-order valence-electron chi connectivity index (χ0n) is 11.1. The zero-order valence-corrected chi connectivity index (χ0v) is 12.7. The van der Waals surface area contributed by atoms with E-state index < -0.39 is 22.0 Å². The molecule has 0 heterocycles. The van der Waals surface area contributed by atoms with Crippen molar-refractivity contribution in [3.8, 4) is 0 Å². The summed E-state index contributed by atoms with van der Waals surface area (Å²) in [4.78, 5) is 21.5. The highest BCUT2D eigenvalue weighted by Crippen LogP contribution is 2.25. The van der Waals surface area contributed by atoms with Crippen LogP contribution in [0.25, 0.3) is 0 Å². The highest BCUT2D eigenvalue weighted by atomic mass is 35.5. The van der Waals surface area contributed by atoms with Gasteiger partial charge in [0.15, 0.2) is 0 Å². The first-order chi connectivity index (χ1) is 9.62. The van der Waals surface area contributed by atoms with Gasteiger partial charge in [-0.3, -0.25) is 9.10 Å². The van der Waals surface area contributed by atoms with E-state index in [1.807, 2.05) is 0 Å². The summed E-state index contributed by atoms with van der Waals surface area (Å²) in [5, 5.41) is 17.6. The molecule has 0 amide bonds. The van der Waals surface area contributed by atoms with Crippen LogP contribution in [0.4, 0.5) is 5.69 Å². The van der Waals surface area contributed by atoms with Crippen LogP contribution in [0.1, 0.15) is 23.2 Å². The number of hydrogen-bond acceptors (Lipinski definition) is 4. The maximum atomic E-state index is 11.8. The summed E-state index contributed by atoms with van der Waals surface area (Å²) in [5.74, 6) is -2.31. The van der Waals surface area contributed by atoms with E-state index in [1.165, 1.54) is 12.1 Å². The number of hydrogen-bond donors (Lipinski definition) is 2. The molecule has 0 aliphatic carbocycles. The molecule has 1 aromatic carbocycles. The van der Waals surface area contributed by atoms with Crippen LogP contribution in [0.15, 0.2) is 18.2 Å². The first-order valence-electron chi connectivity index (χ1n) is 5.85. The summed E-state index contributed by atoms with van der Waals surface area (Å²) < 4.78 is 24.5. The van der Waals surface area contributed by atoms with E-state index in [1.54, 1.807) is 0 Å². The number of carboxylic acid groups (broad SMARTS) is 2. The van der Waals surface area contributed by atoms with Gasteiger partial charge in [-0.05, 0) is 24.6 Å². The van der Waals surface area contributed by atoms with Gasteiger partial charge < -0.3 is 10.2 Å². The Bertz CT molecular complexity index is 658. The first-order valence-corrected chi connectivity index (χ1v) is 8.08. The fraction of sp³-hybridized carbons (Fsp3) is 0.333. The van der Waals surface area contributed by atoms with E-state index in [4.69, 9.17) is 21.8 Å². The van der Waals surface area contributed by atoms with Crippen molar-refractivity contribution in [1.82, 2.24) is 0 Å². The fourth-order valence-electron chi connectivity index (χ4n) is 1.69. The molecule has 1 rings (SSSR count). The third kappa shape index (κ3) is 4.91. The van der Waals surface area contributed by atoms with Crippen LogP contribution in [-0.2, 0) is 14.8 Å². The highest BCUT2D eigenvalue weighted by Gasteiger charge is 2.20. The van der Waals surface area contributed by atoms with Crippen LogP contribution < -0.4 is 4.31 Å². The van der Waals surface area contributed by atoms with E-state index in [-0.39, 0.29) is 35.7 Å². The molecule has 0 spiro atoms. The molecule has 0 saturated heterocycles. The Labute approximate surface area is 126 Å². The summed E-state index contributed by atoms with van der Waals surface area (Å²) >= 11 is 5.73. The summed E-state index contributed by atoms with van der Waals surface area (Å²) in [7, 11) is -3.67. The molecule has 0 aromatic heterocycles. The summed E-state index contributed by atoms with van der Waals surface area (Å²) in [6.07, 6.45) is 0.877. The highest BCUT2D eigenvalue weighted by molar-refractivity contribution is 7.92. The second-order valence-corrected chi connectivity index (χ2v) is 6.62. The number of anilines is 1. The van der Waals surface area contributed by atoms with Crippen molar-refractivity contribution in [2.75, 3.05) is 17.1 Å². The van der Waals surface area contributed by atoms with Crippen molar-refractivity contribution >= 4 is 39.3 Å². The first kappa shape index (κ1) is 17.3. The van der Waals surface area contributed by atoms with E-state index in [0.717, 1.165) is 16.6 Å². The predicted octanol–water partition coefficient (Wildman–Crippen LogP) is 1.67. The number of benzene rings is 1. The average Bonchev–Trinajstić information content (AvgIpc) is 2.33. The van der Waals surface area contributed by atoms with E-state index in [0.29, 0.717) is 0 Å². The molecule has 2 N–H and O–H groups in total. The zero-order chi connectivity index (χ0) is 16.2. The number of carboxylic acids is 2. The Hall–Kier alpha value is -1.80. The second-order valence-electron chi connectivity index (χ2n) is 4.30. The van der Waals surface area contributed by atoms with Crippen molar-refractivity contribution in [3.63, 3.8) is 0 Å². The molecule has 0 unspecified atom stereocenters. The van der Waals surface area contributed by atoms with E-state index in [9.17, 15) is 18.0 Å². The molecular formula is C12H14ClNO6S. The summed E-state index contributed by atoms with van der Waals surface area (Å²) in [6, 6.07) is 3.80.